The molecule has 0 aliphatic carbocycles. The van der Waals surface area contributed by atoms with E-state index in [2.05, 4.69) is 143 Å². The third-order valence-electron chi connectivity index (χ3n) is 10.1. The zero-order chi connectivity index (χ0) is 48.7. The molecule has 0 bridgehead atoms. The summed E-state index contributed by atoms with van der Waals surface area (Å²) in [6, 6.07) is 0. The summed E-state index contributed by atoms with van der Waals surface area (Å²) in [4.78, 5) is 0. The van der Waals surface area contributed by atoms with Crippen LogP contribution in [0.5, 0.6) is 0 Å². The first-order valence-electron chi connectivity index (χ1n) is 24.3. The van der Waals surface area contributed by atoms with Gasteiger partial charge < -0.3 is 25.2 Å². The molecule has 1 unspecified atom stereocenters. The minimum Gasteiger partial charge on any atom is -0.390 e. The number of aliphatic hydroxyl groups excluding tert-OH is 1. The quantitative estimate of drug-likeness (QED) is 0.0970. The van der Waals surface area contributed by atoms with Gasteiger partial charge in [-0.25, -0.2) is 0 Å². The number of hydrogen-bond acceptors (Lipinski definition) is 5. The second-order valence-corrected chi connectivity index (χ2v) is 23.0. The van der Waals surface area contributed by atoms with Crippen molar-refractivity contribution in [3.05, 3.63) is 35.5 Å². The summed E-state index contributed by atoms with van der Waals surface area (Å²) in [7, 11) is 0. The van der Waals surface area contributed by atoms with Crippen LogP contribution in [0.4, 0.5) is 0 Å². The fourth-order valence-corrected chi connectivity index (χ4v) is 5.44. The molecule has 0 aromatic carbocycles. The molecule has 1 fully saturated rings. The Hall–Kier alpha value is -0.980. The average Bonchev–Trinajstić information content (AvgIpc) is 3.42. The SMILES string of the molecule is C.C.C=C(CCC(C)C)C(C)C.CC(C)=CCCC(C)(C)O.CC(C)=CCCC(C)C.CC(C)CCC(O)C(C)(C)O.CC(C)CCCC(C)C.CC1(C)CC[C@@H](C(C)(C)O)O1. The van der Waals surface area contributed by atoms with E-state index in [0.29, 0.717) is 18.3 Å². The number of ether oxygens (including phenoxy) is 1. The van der Waals surface area contributed by atoms with Gasteiger partial charge in [0.1, 0.15) is 0 Å². The minimum absolute atomic E-state index is 0. The lowest BCUT2D eigenvalue weighted by Gasteiger charge is -2.27. The summed E-state index contributed by atoms with van der Waals surface area (Å²) >= 11 is 0. The first-order chi connectivity index (χ1) is 26.9. The Labute approximate surface area is 393 Å². The first kappa shape index (κ1) is 75.3. The number of rotatable bonds is 19. The van der Waals surface area contributed by atoms with Crippen LogP contribution in [-0.4, -0.2) is 55.0 Å². The van der Waals surface area contributed by atoms with Crippen molar-refractivity contribution in [1.82, 2.24) is 0 Å². The summed E-state index contributed by atoms with van der Waals surface area (Å²) in [5.74, 6) is 4.70. The van der Waals surface area contributed by atoms with Gasteiger partial charge in [0.05, 0.1) is 34.6 Å². The third-order valence-corrected chi connectivity index (χ3v) is 10.1. The molecule has 380 valence electrons. The van der Waals surface area contributed by atoms with E-state index in [1.54, 1.807) is 27.7 Å². The zero-order valence-corrected chi connectivity index (χ0v) is 45.4. The van der Waals surface area contributed by atoms with E-state index in [1.807, 2.05) is 13.8 Å². The van der Waals surface area contributed by atoms with E-state index in [4.69, 9.17) is 4.74 Å². The number of aliphatic hydroxyl groups is 4. The van der Waals surface area contributed by atoms with Gasteiger partial charge in [-0.15, -0.1) is 0 Å². The first-order valence-corrected chi connectivity index (χ1v) is 24.3. The summed E-state index contributed by atoms with van der Waals surface area (Å²) in [6.07, 6.45) is 18.6. The van der Waals surface area contributed by atoms with E-state index in [0.717, 1.165) is 55.8 Å². The van der Waals surface area contributed by atoms with Gasteiger partial charge in [0.15, 0.2) is 0 Å². The lowest BCUT2D eigenvalue weighted by atomic mass is 9.95. The molecule has 5 nitrogen and oxygen atoms in total. The molecule has 0 aromatic rings. The highest BCUT2D eigenvalue weighted by atomic mass is 16.5. The van der Waals surface area contributed by atoms with Gasteiger partial charge in [-0.05, 0) is 183 Å². The Balaban J connectivity index is -0.000000117. The fourth-order valence-electron chi connectivity index (χ4n) is 5.44. The van der Waals surface area contributed by atoms with Crippen LogP contribution in [0.15, 0.2) is 35.5 Å². The van der Waals surface area contributed by atoms with Crippen molar-refractivity contribution in [2.75, 3.05) is 0 Å². The standard InChI is InChI=1S/C10H20.C9H18O2.C9H20O2.C9H18O.C9H20.C9H18.2CH4/c1-8(2)6-7-10(5)9(3)4;1-8(2)6-5-7(11-8)9(3,4)10;1-7(2)5-6-8(10)9(3,4)11;1-8(2)6-5-7-9(3,4)10;2*1-8(2)6-5-7-9(3)4;;/h8-9H,5-7H2,1-4H3;7,10H,5-6H2,1-4H3;7-8,10-11H,5-6H2,1-4H3;6,10H,5,7H2,1-4H3;8-9H,5-7H2,1-4H3;6,9H,5,7H2,1-4H3;2*1H4/t;7-;;;;;;/m.0....../s1. The van der Waals surface area contributed by atoms with Gasteiger partial charge in [-0.3, -0.25) is 0 Å². The lowest BCUT2D eigenvalue weighted by Crippen LogP contribution is -2.37. The van der Waals surface area contributed by atoms with Crippen molar-refractivity contribution >= 4 is 0 Å². The zero-order valence-electron chi connectivity index (χ0n) is 45.4. The van der Waals surface area contributed by atoms with Crippen LogP contribution in [0.1, 0.15) is 264 Å². The number of hydrogen-bond donors (Lipinski definition) is 4. The molecule has 0 saturated carbocycles. The van der Waals surface area contributed by atoms with E-state index in [1.165, 1.54) is 61.7 Å². The normalized spacial score (nSPS) is 14.9. The molecule has 62 heavy (non-hydrogen) atoms. The molecular formula is C57H122O5. The van der Waals surface area contributed by atoms with Gasteiger partial charge >= 0.3 is 0 Å². The van der Waals surface area contributed by atoms with Crippen molar-refractivity contribution in [2.24, 2.45) is 35.5 Å². The second-order valence-electron chi connectivity index (χ2n) is 23.0. The van der Waals surface area contributed by atoms with Crippen LogP contribution in [0, 0.1) is 35.5 Å². The van der Waals surface area contributed by atoms with E-state index in [-0.39, 0.29) is 26.6 Å². The summed E-state index contributed by atoms with van der Waals surface area (Å²) < 4.78 is 5.66. The predicted octanol–water partition coefficient (Wildman–Crippen LogP) is 17.5. The molecule has 0 radical (unpaired) electrons. The highest BCUT2D eigenvalue weighted by Gasteiger charge is 2.39. The van der Waals surface area contributed by atoms with Crippen LogP contribution < -0.4 is 0 Å². The van der Waals surface area contributed by atoms with Gasteiger partial charge in [-0.2, -0.15) is 0 Å². The van der Waals surface area contributed by atoms with Crippen molar-refractivity contribution in [3.63, 3.8) is 0 Å². The third kappa shape index (κ3) is 65.6. The highest BCUT2D eigenvalue weighted by molar-refractivity contribution is 4.97. The Kier molecular flexibility index (Phi) is 49.0. The highest BCUT2D eigenvalue weighted by Crippen LogP contribution is 2.34. The van der Waals surface area contributed by atoms with Crippen molar-refractivity contribution in [2.45, 2.75) is 299 Å². The van der Waals surface area contributed by atoms with Gasteiger partial charge in [0.2, 0.25) is 0 Å². The predicted molar refractivity (Wildman–Crippen MR) is 284 cm³/mol. The Bertz CT molecular complexity index is 1020. The molecule has 1 aliphatic rings. The topological polar surface area (TPSA) is 90.2 Å². The monoisotopic (exact) mass is 887 g/mol. The van der Waals surface area contributed by atoms with Crippen molar-refractivity contribution < 1.29 is 25.2 Å². The second kappa shape index (κ2) is 40.3. The molecule has 0 aromatic heterocycles. The Morgan fingerprint density at radius 2 is 1.02 bits per heavy atom. The Morgan fingerprint density at radius 1 is 0.629 bits per heavy atom. The molecule has 0 spiro atoms. The molecular weight excluding hydrogens is 765 g/mol. The summed E-state index contributed by atoms with van der Waals surface area (Å²) in [6.45, 7) is 54.0. The smallest absolute Gasteiger partial charge is 0.0864 e. The van der Waals surface area contributed by atoms with Crippen LogP contribution in [0.3, 0.4) is 0 Å². The lowest BCUT2D eigenvalue weighted by molar-refractivity contribution is -0.109. The van der Waals surface area contributed by atoms with Crippen LogP contribution in [0.25, 0.3) is 0 Å². The summed E-state index contributed by atoms with van der Waals surface area (Å²) in [5.41, 5.74) is 1.98. The minimum atomic E-state index is -0.950. The van der Waals surface area contributed by atoms with Crippen molar-refractivity contribution in [1.29, 1.82) is 0 Å². The molecule has 0 amide bonds. The average molecular weight is 888 g/mol. The fraction of sp³-hybridized carbons (Fsp3) is 0.895. The molecule has 2 atom stereocenters. The van der Waals surface area contributed by atoms with Crippen LogP contribution >= 0.6 is 0 Å². The van der Waals surface area contributed by atoms with Gasteiger partial charge in [0.25, 0.3) is 0 Å². The summed E-state index contributed by atoms with van der Waals surface area (Å²) in [5, 5.41) is 37.7. The van der Waals surface area contributed by atoms with E-state index in [9.17, 15) is 20.4 Å². The molecule has 1 saturated heterocycles. The maximum Gasteiger partial charge on any atom is 0.0864 e. The van der Waals surface area contributed by atoms with E-state index < -0.39 is 22.9 Å². The maximum atomic E-state index is 9.62. The van der Waals surface area contributed by atoms with Gasteiger partial charge in [-0.1, -0.05) is 153 Å². The van der Waals surface area contributed by atoms with Gasteiger partial charge in [0, 0.05) is 0 Å². The maximum absolute atomic E-state index is 9.62. The number of allylic oxidation sites excluding steroid dienone is 5. The molecule has 1 rings (SSSR count). The molecule has 4 N–H and O–H groups in total. The van der Waals surface area contributed by atoms with Crippen LogP contribution in [0.2, 0.25) is 0 Å². The molecule has 5 heteroatoms. The molecule has 1 aliphatic heterocycles. The van der Waals surface area contributed by atoms with E-state index >= 15 is 0 Å². The van der Waals surface area contributed by atoms with Crippen LogP contribution in [-0.2, 0) is 4.74 Å². The largest absolute Gasteiger partial charge is 0.390 e. The Morgan fingerprint density at radius 3 is 1.27 bits per heavy atom. The van der Waals surface area contributed by atoms with Crippen molar-refractivity contribution in [3.8, 4) is 0 Å². The molecule has 1 heterocycles.